The predicted molar refractivity (Wildman–Crippen MR) is 69.8 cm³/mol. The van der Waals surface area contributed by atoms with Crippen LogP contribution in [0.5, 0.6) is 0 Å². The molecule has 0 amide bonds. The molecule has 5 heteroatoms. The first-order valence-corrected chi connectivity index (χ1v) is 6.22. The van der Waals surface area contributed by atoms with Crippen molar-refractivity contribution in [3.63, 3.8) is 0 Å². The topological polar surface area (TPSA) is 62.7 Å². The van der Waals surface area contributed by atoms with Crippen molar-refractivity contribution in [1.82, 2.24) is 4.98 Å². The third-order valence-corrected chi connectivity index (χ3v) is 2.55. The number of aliphatic hydroxyl groups excluding tert-OH is 1. The van der Waals surface area contributed by atoms with Crippen LogP contribution in [0.1, 0.15) is 30.6 Å². The Morgan fingerprint density at radius 3 is 2.89 bits per heavy atom. The molecule has 1 heterocycles. The number of pyridine rings is 1. The number of carbonyl (C=O) groups excluding carboxylic acids is 1. The lowest BCUT2D eigenvalue weighted by atomic mass is 10.2. The fourth-order valence-corrected chi connectivity index (χ4v) is 1.69. The van der Waals surface area contributed by atoms with E-state index in [2.05, 4.69) is 4.98 Å². The van der Waals surface area contributed by atoms with E-state index in [0.29, 0.717) is 31.0 Å². The van der Waals surface area contributed by atoms with Crippen LogP contribution >= 0.6 is 0 Å². The molecule has 0 saturated heterocycles. The Bertz CT molecular complexity index is 382. The Morgan fingerprint density at radius 1 is 1.50 bits per heavy atom. The van der Waals surface area contributed by atoms with E-state index >= 15 is 0 Å². The summed E-state index contributed by atoms with van der Waals surface area (Å²) in [5, 5.41) is 8.88. The molecule has 18 heavy (non-hydrogen) atoms. The second-order valence-electron chi connectivity index (χ2n) is 3.75. The van der Waals surface area contributed by atoms with Crippen molar-refractivity contribution in [1.29, 1.82) is 0 Å². The first kappa shape index (κ1) is 14.4. The van der Waals surface area contributed by atoms with Crippen LogP contribution < -0.4 is 4.90 Å². The molecule has 0 aliphatic heterocycles. The number of esters is 1. The molecule has 0 aliphatic rings. The number of carbonyl (C=O) groups is 1. The summed E-state index contributed by atoms with van der Waals surface area (Å²) in [6.07, 6.45) is 2.30. The third-order valence-electron chi connectivity index (χ3n) is 2.55. The molecule has 0 unspecified atom stereocenters. The van der Waals surface area contributed by atoms with Crippen molar-refractivity contribution in [2.75, 3.05) is 31.2 Å². The van der Waals surface area contributed by atoms with Crippen molar-refractivity contribution < 1.29 is 14.6 Å². The van der Waals surface area contributed by atoms with Gasteiger partial charge in [0.2, 0.25) is 0 Å². The fourth-order valence-electron chi connectivity index (χ4n) is 1.69. The summed E-state index contributed by atoms with van der Waals surface area (Å²) in [6, 6.07) is 3.43. The molecule has 0 bridgehead atoms. The van der Waals surface area contributed by atoms with Gasteiger partial charge in [-0.2, -0.15) is 0 Å². The normalized spacial score (nSPS) is 10.2. The van der Waals surface area contributed by atoms with Gasteiger partial charge in [0, 0.05) is 25.9 Å². The molecule has 0 spiro atoms. The van der Waals surface area contributed by atoms with Gasteiger partial charge in [-0.05, 0) is 32.4 Å². The van der Waals surface area contributed by atoms with E-state index in [9.17, 15) is 4.79 Å². The second-order valence-corrected chi connectivity index (χ2v) is 3.75. The number of hydrogen-bond acceptors (Lipinski definition) is 5. The molecule has 1 aromatic rings. The van der Waals surface area contributed by atoms with E-state index in [4.69, 9.17) is 9.84 Å². The number of aromatic nitrogens is 1. The number of aliphatic hydroxyl groups is 1. The number of nitrogens with zero attached hydrogens (tertiary/aromatic N) is 2. The van der Waals surface area contributed by atoms with Crippen molar-refractivity contribution in [2.24, 2.45) is 0 Å². The lowest BCUT2D eigenvalue weighted by Gasteiger charge is -2.23. The first-order chi connectivity index (χ1) is 8.74. The molecule has 1 N–H and O–H groups in total. The minimum Gasteiger partial charge on any atom is -0.462 e. The Morgan fingerprint density at radius 2 is 2.28 bits per heavy atom. The van der Waals surface area contributed by atoms with Gasteiger partial charge in [0.05, 0.1) is 6.61 Å². The Labute approximate surface area is 107 Å². The summed E-state index contributed by atoms with van der Waals surface area (Å²) in [5.74, 6) is 0.259. The first-order valence-electron chi connectivity index (χ1n) is 6.22. The molecule has 0 radical (unpaired) electrons. The summed E-state index contributed by atoms with van der Waals surface area (Å²) in [6.45, 7) is 5.62. The van der Waals surface area contributed by atoms with Gasteiger partial charge in [-0.25, -0.2) is 9.78 Å². The summed E-state index contributed by atoms with van der Waals surface area (Å²) >= 11 is 0. The van der Waals surface area contributed by atoms with Crippen LogP contribution in [-0.2, 0) is 4.74 Å². The van der Waals surface area contributed by atoms with E-state index < -0.39 is 0 Å². The molecule has 0 fully saturated rings. The Hall–Kier alpha value is -1.62. The Kier molecular flexibility index (Phi) is 6.14. The van der Waals surface area contributed by atoms with E-state index in [1.54, 1.807) is 25.3 Å². The minimum atomic E-state index is -0.358. The van der Waals surface area contributed by atoms with E-state index in [-0.39, 0.29) is 12.6 Å². The van der Waals surface area contributed by atoms with Gasteiger partial charge < -0.3 is 14.7 Å². The minimum absolute atomic E-state index is 0.123. The van der Waals surface area contributed by atoms with Gasteiger partial charge >= 0.3 is 5.97 Å². The summed E-state index contributed by atoms with van der Waals surface area (Å²) < 4.78 is 5.01. The van der Waals surface area contributed by atoms with Crippen LogP contribution in [0.15, 0.2) is 18.3 Å². The molecule has 100 valence electrons. The van der Waals surface area contributed by atoms with Gasteiger partial charge in [0.15, 0.2) is 0 Å². The zero-order valence-corrected chi connectivity index (χ0v) is 10.9. The Balaban J connectivity index is 2.95. The average molecular weight is 252 g/mol. The van der Waals surface area contributed by atoms with Crippen LogP contribution in [0.3, 0.4) is 0 Å². The largest absolute Gasteiger partial charge is 0.462 e. The summed E-state index contributed by atoms with van der Waals surface area (Å²) in [4.78, 5) is 18.0. The molecule has 1 aromatic heterocycles. The second kappa shape index (κ2) is 7.66. The molecule has 0 saturated carbocycles. The highest BCUT2D eigenvalue weighted by atomic mass is 16.5. The van der Waals surface area contributed by atoms with Gasteiger partial charge in [-0.15, -0.1) is 0 Å². The van der Waals surface area contributed by atoms with Crippen LogP contribution in [0, 0.1) is 0 Å². The molecular weight excluding hydrogens is 232 g/mol. The maximum Gasteiger partial charge on any atom is 0.341 e. The average Bonchev–Trinajstić information content (AvgIpc) is 2.40. The molecule has 0 aliphatic carbocycles. The van der Waals surface area contributed by atoms with Crippen LogP contribution in [0.25, 0.3) is 0 Å². The zero-order chi connectivity index (χ0) is 13.4. The zero-order valence-electron chi connectivity index (χ0n) is 10.9. The summed E-state index contributed by atoms with van der Waals surface area (Å²) in [7, 11) is 0. The van der Waals surface area contributed by atoms with Crippen molar-refractivity contribution in [3.8, 4) is 0 Å². The molecular formula is C13H20N2O3. The van der Waals surface area contributed by atoms with Gasteiger partial charge in [-0.1, -0.05) is 0 Å². The monoisotopic (exact) mass is 252 g/mol. The van der Waals surface area contributed by atoms with Crippen molar-refractivity contribution in [3.05, 3.63) is 23.9 Å². The maximum absolute atomic E-state index is 11.8. The number of hydrogen-bond donors (Lipinski definition) is 1. The lowest BCUT2D eigenvalue weighted by Crippen LogP contribution is -2.27. The van der Waals surface area contributed by atoms with E-state index in [0.717, 1.165) is 6.54 Å². The highest BCUT2D eigenvalue weighted by molar-refractivity contribution is 5.94. The third kappa shape index (κ3) is 3.70. The quantitative estimate of drug-likeness (QED) is 0.744. The standard InChI is InChI=1S/C13H20N2O3/c1-3-15(9-6-10-16)12-11(7-5-8-14-12)13(17)18-4-2/h5,7-8,16H,3-4,6,9-10H2,1-2H3. The SMILES string of the molecule is CCOC(=O)c1cccnc1N(CC)CCCO. The highest BCUT2D eigenvalue weighted by Crippen LogP contribution is 2.18. The maximum atomic E-state index is 11.8. The van der Waals surface area contributed by atoms with E-state index in [1.165, 1.54) is 0 Å². The molecule has 1 rings (SSSR count). The highest BCUT2D eigenvalue weighted by Gasteiger charge is 2.17. The van der Waals surface area contributed by atoms with Gasteiger partial charge in [-0.3, -0.25) is 0 Å². The van der Waals surface area contributed by atoms with Crippen LogP contribution in [0.4, 0.5) is 5.82 Å². The van der Waals surface area contributed by atoms with Gasteiger partial charge in [0.25, 0.3) is 0 Å². The number of rotatable bonds is 7. The van der Waals surface area contributed by atoms with E-state index in [1.807, 2.05) is 11.8 Å². The number of ether oxygens (including phenoxy) is 1. The predicted octanol–water partition coefficient (Wildman–Crippen LogP) is 1.47. The summed E-state index contributed by atoms with van der Waals surface area (Å²) in [5.41, 5.74) is 0.471. The molecule has 0 atom stereocenters. The number of anilines is 1. The van der Waals surface area contributed by atoms with Crippen LogP contribution in [-0.4, -0.2) is 42.4 Å². The molecule has 5 nitrogen and oxygen atoms in total. The lowest BCUT2D eigenvalue weighted by molar-refractivity contribution is 0.0526. The van der Waals surface area contributed by atoms with Crippen LogP contribution in [0.2, 0.25) is 0 Å². The van der Waals surface area contributed by atoms with Crippen molar-refractivity contribution >= 4 is 11.8 Å². The smallest absolute Gasteiger partial charge is 0.341 e. The molecule has 0 aromatic carbocycles. The van der Waals surface area contributed by atoms with Gasteiger partial charge in [0.1, 0.15) is 11.4 Å². The fraction of sp³-hybridized carbons (Fsp3) is 0.538. The van der Waals surface area contributed by atoms with Crippen molar-refractivity contribution in [2.45, 2.75) is 20.3 Å².